The summed E-state index contributed by atoms with van der Waals surface area (Å²) in [5, 5.41) is 0. The fraction of sp³-hybridized carbons (Fsp3) is 0.417. The number of nitrogens with zero attached hydrogens (tertiary/aromatic N) is 1. The van der Waals surface area contributed by atoms with Gasteiger partial charge >= 0.3 is 5.97 Å². The molecule has 1 aliphatic heterocycles. The molecule has 0 bridgehead atoms. The summed E-state index contributed by atoms with van der Waals surface area (Å²) in [6.07, 6.45) is 0.906. The maximum Gasteiger partial charge on any atom is 0.323 e. The van der Waals surface area contributed by atoms with Crippen molar-refractivity contribution < 1.29 is 9.53 Å². The van der Waals surface area contributed by atoms with Crippen LogP contribution < -0.4 is 0 Å². The van der Waals surface area contributed by atoms with Crippen molar-refractivity contribution in [1.29, 1.82) is 0 Å². The SMILES string of the molecule is COC(=O)C1CCN1Cc1ccc(Br)cc1. The van der Waals surface area contributed by atoms with E-state index >= 15 is 0 Å². The van der Waals surface area contributed by atoms with E-state index in [0.717, 1.165) is 24.0 Å². The second kappa shape index (κ2) is 4.97. The molecule has 0 radical (unpaired) electrons. The average Bonchev–Trinajstić information content (AvgIpc) is 2.26. The van der Waals surface area contributed by atoms with E-state index in [1.165, 1.54) is 12.7 Å². The molecular weight excluding hydrogens is 270 g/mol. The first-order valence-corrected chi connectivity index (χ1v) is 6.06. The first kappa shape index (κ1) is 11.6. The fourth-order valence-electron chi connectivity index (χ4n) is 1.86. The van der Waals surface area contributed by atoms with Gasteiger partial charge in [-0.05, 0) is 24.1 Å². The zero-order chi connectivity index (χ0) is 11.5. The predicted molar refractivity (Wildman–Crippen MR) is 65.0 cm³/mol. The Kier molecular flexibility index (Phi) is 3.61. The van der Waals surface area contributed by atoms with Gasteiger partial charge in [-0.1, -0.05) is 28.1 Å². The minimum absolute atomic E-state index is 0.0475. The molecule has 1 aromatic carbocycles. The third-order valence-corrected chi connectivity index (χ3v) is 3.43. The Bertz CT molecular complexity index is 377. The second-order valence-electron chi connectivity index (χ2n) is 3.92. The number of carbonyl (C=O) groups excluding carboxylic acids is 1. The van der Waals surface area contributed by atoms with Crippen molar-refractivity contribution in [2.24, 2.45) is 0 Å². The van der Waals surface area contributed by atoms with Crippen molar-refractivity contribution >= 4 is 21.9 Å². The standard InChI is InChI=1S/C12H14BrNO2/c1-16-12(15)11-6-7-14(11)8-9-2-4-10(13)5-3-9/h2-5,11H,6-8H2,1H3. The Morgan fingerprint density at radius 1 is 1.50 bits per heavy atom. The summed E-state index contributed by atoms with van der Waals surface area (Å²) in [5.41, 5.74) is 1.22. The zero-order valence-corrected chi connectivity index (χ0v) is 10.7. The number of methoxy groups -OCH3 is 1. The Balaban J connectivity index is 1.95. The lowest BCUT2D eigenvalue weighted by atomic mass is 10.0. The molecule has 1 unspecified atom stereocenters. The molecule has 4 heteroatoms. The Hall–Kier alpha value is -0.870. The molecule has 86 valence electrons. The van der Waals surface area contributed by atoms with Crippen molar-refractivity contribution in [2.75, 3.05) is 13.7 Å². The summed E-state index contributed by atoms with van der Waals surface area (Å²) in [6, 6.07) is 8.12. The number of halogens is 1. The van der Waals surface area contributed by atoms with Gasteiger partial charge < -0.3 is 4.74 Å². The maximum absolute atomic E-state index is 11.4. The number of hydrogen-bond acceptors (Lipinski definition) is 3. The molecule has 0 amide bonds. The highest BCUT2D eigenvalue weighted by Gasteiger charge is 2.34. The van der Waals surface area contributed by atoms with Crippen LogP contribution in [0.3, 0.4) is 0 Å². The predicted octanol–water partition coefficient (Wildman–Crippen LogP) is 2.20. The van der Waals surface area contributed by atoms with E-state index in [1.807, 2.05) is 12.1 Å². The van der Waals surface area contributed by atoms with Crippen molar-refractivity contribution in [3.8, 4) is 0 Å². The molecular formula is C12H14BrNO2. The van der Waals surface area contributed by atoms with Crippen LogP contribution in [-0.4, -0.2) is 30.6 Å². The number of likely N-dealkylation sites (tertiary alicyclic amines) is 1. The van der Waals surface area contributed by atoms with Gasteiger partial charge in [0.15, 0.2) is 0 Å². The van der Waals surface area contributed by atoms with Crippen LogP contribution in [0.1, 0.15) is 12.0 Å². The van der Waals surface area contributed by atoms with Gasteiger partial charge in [-0.3, -0.25) is 9.69 Å². The second-order valence-corrected chi connectivity index (χ2v) is 4.84. The van der Waals surface area contributed by atoms with E-state index in [0.29, 0.717) is 0 Å². The van der Waals surface area contributed by atoms with Crippen LogP contribution in [-0.2, 0) is 16.1 Å². The molecule has 0 N–H and O–H groups in total. The van der Waals surface area contributed by atoms with Crippen LogP contribution in [0.2, 0.25) is 0 Å². The molecule has 0 aromatic heterocycles. The molecule has 1 aliphatic rings. The zero-order valence-electron chi connectivity index (χ0n) is 9.15. The van der Waals surface area contributed by atoms with Gasteiger partial charge in [0.1, 0.15) is 6.04 Å². The summed E-state index contributed by atoms with van der Waals surface area (Å²) in [7, 11) is 1.44. The van der Waals surface area contributed by atoms with Crippen LogP contribution in [0.15, 0.2) is 28.7 Å². The van der Waals surface area contributed by atoms with Gasteiger partial charge in [-0.25, -0.2) is 0 Å². The average molecular weight is 284 g/mol. The third-order valence-electron chi connectivity index (χ3n) is 2.90. The van der Waals surface area contributed by atoms with E-state index in [-0.39, 0.29) is 12.0 Å². The summed E-state index contributed by atoms with van der Waals surface area (Å²) >= 11 is 3.40. The number of benzene rings is 1. The van der Waals surface area contributed by atoms with Crippen LogP contribution >= 0.6 is 15.9 Å². The topological polar surface area (TPSA) is 29.5 Å². The molecule has 3 nitrogen and oxygen atoms in total. The fourth-order valence-corrected chi connectivity index (χ4v) is 2.12. The smallest absolute Gasteiger partial charge is 0.323 e. The molecule has 1 heterocycles. The van der Waals surface area contributed by atoms with Gasteiger partial charge in [0.05, 0.1) is 7.11 Å². The van der Waals surface area contributed by atoms with E-state index in [2.05, 4.69) is 33.0 Å². The highest BCUT2D eigenvalue weighted by molar-refractivity contribution is 9.10. The van der Waals surface area contributed by atoms with E-state index < -0.39 is 0 Å². The van der Waals surface area contributed by atoms with Gasteiger partial charge in [0, 0.05) is 17.6 Å². The quantitative estimate of drug-likeness (QED) is 0.797. The molecule has 1 fully saturated rings. The van der Waals surface area contributed by atoms with Crippen LogP contribution in [0.25, 0.3) is 0 Å². The molecule has 0 aliphatic carbocycles. The summed E-state index contributed by atoms with van der Waals surface area (Å²) in [4.78, 5) is 13.5. The lowest BCUT2D eigenvalue weighted by Crippen LogP contribution is -2.52. The largest absolute Gasteiger partial charge is 0.468 e. The monoisotopic (exact) mass is 283 g/mol. The van der Waals surface area contributed by atoms with E-state index in [9.17, 15) is 4.79 Å². The van der Waals surface area contributed by atoms with Gasteiger partial charge in [0.25, 0.3) is 0 Å². The van der Waals surface area contributed by atoms with Crippen molar-refractivity contribution in [3.05, 3.63) is 34.3 Å². The molecule has 1 atom stereocenters. The van der Waals surface area contributed by atoms with Crippen LogP contribution in [0.4, 0.5) is 0 Å². The van der Waals surface area contributed by atoms with Crippen molar-refractivity contribution in [1.82, 2.24) is 4.90 Å². The molecule has 0 spiro atoms. The van der Waals surface area contributed by atoms with Crippen molar-refractivity contribution in [2.45, 2.75) is 19.0 Å². The normalized spacial score (nSPS) is 20.2. The van der Waals surface area contributed by atoms with E-state index in [4.69, 9.17) is 4.74 Å². The summed E-state index contributed by atoms with van der Waals surface area (Å²) < 4.78 is 5.83. The van der Waals surface area contributed by atoms with Crippen LogP contribution in [0, 0.1) is 0 Å². The maximum atomic E-state index is 11.4. The number of ether oxygens (including phenoxy) is 1. The number of esters is 1. The first-order valence-electron chi connectivity index (χ1n) is 5.27. The highest BCUT2D eigenvalue weighted by Crippen LogP contribution is 2.22. The molecule has 1 saturated heterocycles. The minimum atomic E-state index is -0.122. The molecule has 0 saturated carbocycles. The summed E-state index contributed by atoms with van der Waals surface area (Å²) in [6.45, 7) is 1.78. The van der Waals surface area contributed by atoms with Gasteiger partial charge in [-0.15, -0.1) is 0 Å². The van der Waals surface area contributed by atoms with Gasteiger partial charge in [-0.2, -0.15) is 0 Å². The van der Waals surface area contributed by atoms with E-state index in [1.54, 1.807) is 0 Å². The first-order chi connectivity index (χ1) is 7.70. The number of rotatable bonds is 3. The lowest BCUT2D eigenvalue weighted by Gasteiger charge is -2.38. The number of hydrogen-bond donors (Lipinski definition) is 0. The Morgan fingerprint density at radius 3 is 2.69 bits per heavy atom. The Labute approximate surface area is 104 Å². The lowest BCUT2D eigenvalue weighted by molar-refractivity contribution is -0.152. The number of carbonyl (C=O) groups is 1. The minimum Gasteiger partial charge on any atom is -0.468 e. The molecule has 16 heavy (non-hydrogen) atoms. The highest BCUT2D eigenvalue weighted by atomic mass is 79.9. The summed E-state index contributed by atoms with van der Waals surface area (Å²) in [5.74, 6) is -0.122. The van der Waals surface area contributed by atoms with Gasteiger partial charge in [0.2, 0.25) is 0 Å². The molecule has 1 aromatic rings. The Morgan fingerprint density at radius 2 is 2.19 bits per heavy atom. The van der Waals surface area contributed by atoms with Crippen LogP contribution in [0.5, 0.6) is 0 Å². The molecule has 2 rings (SSSR count). The third kappa shape index (κ3) is 2.44. The van der Waals surface area contributed by atoms with Crippen molar-refractivity contribution in [3.63, 3.8) is 0 Å².